The predicted molar refractivity (Wildman–Crippen MR) is 124 cm³/mol. The number of aliphatic hydroxyl groups excluding tert-OH is 1. The van der Waals surface area contributed by atoms with Gasteiger partial charge in [-0.05, 0) is 74.6 Å². The maximum absolute atomic E-state index is 9.61. The zero-order chi connectivity index (χ0) is 21.3. The van der Waals surface area contributed by atoms with E-state index in [9.17, 15) is 5.11 Å². The lowest BCUT2D eigenvalue weighted by molar-refractivity contribution is 0.181. The van der Waals surface area contributed by atoms with Crippen LogP contribution in [0, 0.1) is 6.57 Å². The monoisotopic (exact) mass is 438 g/mol. The summed E-state index contributed by atoms with van der Waals surface area (Å²) >= 11 is 0. The Morgan fingerprint density at radius 2 is 1.84 bits per heavy atom. The highest BCUT2D eigenvalue weighted by Crippen LogP contribution is 2.35. The Bertz CT molecular complexity index is 1120. The highest BCUT2D eigenvalue weighted by Gasteiger charge is 2.30. The standard InChI is InChI=1S/C23H24N4O3.H2S/c1-14(2)29-20-7-6-17(11-19(20)25-3)22-27-26-21(30-22)16-5-4-15-8-9-23(24,13-28)12-18(15)10-16;/h4-7,10-11,14,28H,8-9,12-13,24H2,1-2H3;1H2/t23-;/m0./s1. The molecule has 0 unspecified atom stereocenters. The van der Waals surface area contributed by atoms with Gasteiger partial charge in [0.25, 0.3) is 0 Å². The molecule has 1 atom stereocenters. The summed E-state index contributed by atoms with van der Waals surface area (Å²) < 4.78 is 11.6. The summed E-state index contributed by atoms with van der Waals surface area (Å²) in [5.74, 6) is 1.27. The summed E-state index contributed by atoms with van der Waals surface area (Å²) in [6.07, 6.45) is 2.19. The smallest absolute Gasteiger partial charge is 0.248 e. The zero-order valence-corrected chi connectivity index (χ0v) is 18.6. The predicted octanol–water partition coefficient (Wildman–Crippen LogP) is 4.03. The number of nitrogens with zero attached hydrogens (tertiary/aromatic N) is 3. The third kappa shape index (κ3) is 4.74. The van der Waals surface area contributed by atoms with Crippen LogP contribution in [0.5, 0.6) is 5.75 Å². The molecule has 2 aromatic carbocycles. The van der Waals surface area contributed by atoms with E-state index in [1.807, 2.05) is 26.0 Å². The van der Waals surface area contributed by atoms with Crippen molar-refractivity contribution in [1.82, 2.24) is 10.2 Å². The second-order valence-corrected chi connectivity index (χ2v) is 8.05. The summed E-state index contributed by atoms with van der Waals surface area (Å²) in [5, 5.41) is 18.0. The van der Waals surface area contributed by atoms with Crippen LogP contribution >= 0.6 is 13.5 Å². The van der Waals surface area contributed by atoms with Gasteiger partial charge in [0.1, 0.15) is 5.75 Å². The molecule has 8 heteroatoms. The topological polar surface area (TPSA) is 98.8 Å². The van der Waals surface area contributed by atoms with Crippen LogP contribution in [0.2, 0.25) is 0 Å². The molecule has 4 rings (SSSR count). The van der Waals surface area contributed by atoms with E-state index in [4.69, 9.17) is 21.5 Å². The number of rotatable bonds is 5. The van der Waals surface area contributed by atoms with E-state index < -0.39 is 5.54 Å². The van der Waals surface area contributed by atoms with Gasteiger partial charge in [-0.1, -0.05) is 6.07 Å². The van der Waals surface area contributed by atoms with Gasteiger partial charge in [0, 0.05) is 16.7 Å². The van der Waals surface area contributed by atoms with Crippen molar-refractivity contribution in [3.63, 3.8) is 0 Å². The number of aromatic nitrogens is 2. The molecule has 0 fully saturated rings. The minimum absolute atomic E-state index is 0. The third-order valence-electron chi connectivity index (χ3n) is 5.32. The molecule has 0 aliphatic heterocycles. The number of hydrogen-bond acceptors (Lipinski definition) is 6. The molecule has 3 N–H and O–H groups in total. The maximum atomic E-state index is 9.61. The Labute approximate surface area is 188 Å². The van der Waals surface area contributed by atoms with Gasteiger partial charge in [-0.3, -0.25) is 0 Å². The average molecular weight is 439 g/mol. The van der Waals surface area contributed by atoms with Crippen LogP contribution in [0.25, 0.3) is 27.8 Å². The van der Waals surface area contributed by atoms with E-state index in [-0.39, 0.29) is 26.2 Å². The Kier molecular flexibility index (Phi) is 6.70. The lowest BCUT2D eigenvalue weighted by Crippen LogP contribution is -2.48. The molecular formula is C23H26N4O3S. The molecule has 1 aromatic heterocycles. The Morgan fingerprint density at radius 1 is 1.16 bits per heavy atom. The second-order valence-electron chi connectivity index (χ2n) is 8.05. The van der Waals surface area contributed by atoms with Crippen molar-refractivity contribution in [2.75, 3.05) is 6.61 Å². The lowest BCUT2D eigenvalue weighted by Gasteiger charge is -2.33. The first-order valence-electron chi connectivity index (χ1n) is 9.95. The first kappa shape index (κ1) is 22.8. The number of aryl methyl sites for hydroxylation is 1. The first-order chi connectivity index (χ1) is 14.4. The molecule has 1 aliphatic rings. The van der Waals surface area contributed by atoms with Crippen molar-refractivity contribution in [3.8, 4) is 28.7 Å². The van der Waals surface area contributed by atoms with Crippen molar-refractivity contribution in [2.45, 2.75) is 44.8 Å². The molecule has 0 amide bonds. The van der Waals surface area contributed by atoms with Crippen LogP contribution in [-0.2, 0) is 12.8 Å². The number of ether oxygens (including phenoxy) is 1. The van der Waals surface area contributed by atoms with Gasteiger partial charge in [0.15, 0.2) is 0 Å². The fourth-order valence-corrected chi connectivity index (χ4v) is 3.70. The summed E-state index contributed by atoms with van der Waals surface area (Å²) in [4.78, 5) is 3.55. The molecule has 162 valence electrons. The third-order valence-corrected chi connectivity index (χ3v) is 5.32. The fourth-order valence-electron chi connectivity index (χ4n) is 3.70. The van der Waals surface area contributed by atoms with Crippen molar-refractivity contribution >= 4 is 19.2 Å². The van der Waals surface area contributed by atoms with Crippen molar-refractivity contribution in [1.29, 1.82) is 0 Å². The van der Waals surface area contributed by atoms with Gasteiger partial charge >= 0.3 is 0 Å². The zero-order valence-electron chi connectivity index (χ0n) is 17.6. The SMILES string of the molecule is S.[C-]#[N+]c1cc(-c2nnc(-c3ccc4c(c3)C[C@](N)(CO)CC4)o2)ccc1OC(C)C. The van der Waals surface area contributed by atoms with Crippen LogP contribution in [0.1, 0.15) is 31.4 Å². The molecule has 1 heterocycles. The number of hydrogen-bond donors (Lipinski definition) is 2. The van der Waals surface area contributed by atoms with Crippen LogP contribution in [0.4, 0.5) is 5.69 Å². The van der Waals surface area contributed by atoms with Gasteiger partial charge in [0.2, 0.25) is 17.5 Å². The normalized spacial score (nSPS) is 17.5. The molecule has 0 radical (unpaired) electrons. The molecular weight excluding hydrogens is 412 g/mol. The van der Waals surface area contributed by atoms with Gasteiger partial charge in [-0.15, -0.1) is 10.2 Å². The molecule has 0 spiro atoms. The molecule has 0 saturated heterocycles. The summed E-state index contributed by atoms with van der Waals surface area (Å²) in [7, 11) is 0. The largest absolute Gasteiger partial charge is 0.502 e. The van der Waals surface area contributed by atoms with Crippen LogP contribution in [0.3, 0.4) is 0 Å². The van der Waals surface area contributed by atoms with E-state index in [0.29, 0.717) is 35.2 Å². The van der Waals surface area contributed by atoms with E-state index in [1.54, 1.807) is 18.2 Å². The number of benzene rings is 2. The van der Waals surface area contributed by atoms with Crippen LogP contribution in [0.15, 0.2) is 40.8 Å². The van der Waals surface area contributed by atoms with Gasteiger partial charge in [-0.25, -0.2) is 4.85 Å². The molecule has 0 bridgehead atoms. The number of fused-ring (bicyclic) bond motifs is 1. The number of aliphatic hydroxyl groups is 1. The van der Waals surface area contributed by atoms with Crippen molar-refractivity contribution in [3.05, 3.63) is 58.9 Å². The van der Waals surface area contributed by atoms with Crippen molar-refractivity contribution in [2.24, 2.45) is 5.73 Å². The maximum Gasteiger partial charge on any atom is 0.248 e. The first-order valence-corrected chi connectivity index (χ1v) is 9.95. The minimum atomic E-state index is -0.582. The Balaban J connectivity index is 0.00000272. The molecule has 3 aromatic rings. The fraction of sp³-hybridized carbons (Fsp3) is 0.348. The molecule has 1 aliphatic carbocycles. The van der Waals surface area contributed by atoms with Gasteiger partial charge in [-0.2, -0.15) is 13.5 Å². The minimum Gasteiger partial charge on any atom is -0.502 e. The Morgan fingerprint density at radius 3 is 2.48 bits per heavy atom. The lowest BCUT2D eigenvalue weighted by atomic mass is 9.78. The summed E-state index contributed by atoms with van der Waals surface area (Å²) in [6, 6.07) is 11.3. The summed E-state index contributed by atoms with van der Waals surface area (Å²) in [5.41, 5.74) is 9.89. The van der Waals surface area contributed by atoms with Gasteiger partial charge in [0.05, 0.1) is 19.3 Å². The highest BCUT2D eigenvalue weighted by atomic mass is 32.1. The molecule has 0 saturated carbocycles. The van der Waals surface area contributed by atoms with E-state index in [0.717, 1.165) is 24.0 Å². The second kappa shape index (κ2) is 9.10. The van der Waals surface area contributed by atoms with E-state index >= 15 is 0 Å². The number of nitrogens with two attached hydrogens (primary N) is 1. The molecule has 7 nitrogen and oxygen atoms in total. The van der Waals surface area contributed by atoms with Gasteiger partial charge < -0.3 is 20.0 Å². The average Bonchev–Trinajstić information content (AvgIpc) is 3.23. The van der Waals surface area contributed by atoms with E-state index in [1.165, 1.54) is 5.56 Å². The quantitative estimate of drug-likeness (QED) is 0.584. The van der Waals surface area contributed by atoms with Crippen molar-refractivity contribution < 1.29 is 14.3 Å². The Hall–Kier alpha value is -2.86. The van der Waals surface area contributed by atoms with Crippen LogP contribution in [-0.4, -0.2) is 33.6 Å². The highest BCUT2D eigenvalue weighted by molar-refractivity contribution is 7.59. The van der Waals surface area contributed by atoms with Crippen LogP contribution < -0.4 is 10.5 Å². The molecule has 31 heavy (non-hydrogen) atoms. The summed E-state index contributed by atoms with van der Waals surface area (Å²) in [6.45, 7) is 11.2. The van der Waals surface area contributed by atoms with E-state index in [2.05, 4.69) is 21.1 Å².